The van der Waals surface area contributed by atoms with E-state index in [9.17, 15) is 4.79 Å². The summed E-state index contributed by atoms with van der Waals surface area (Å²) in [5, 5.41) is 6.14. The fourth-order valence-electron chi connectivity index (χ4n) is 3.10. The van der Waals surface area contributed by atoms with Gasteiger partial charge < -0.3 is 10.6 Å². The van der Waals surface area contributed by atoms with Gasteiger partial charge in [-0.1, -0.05) is 24.3 Å². The number of nitrogens with one attached hydrogen (secondary N) is 2. The number of anilines is 2. The Bertz CT molecular complexity index is 762. The second-order valence-corrected chi connectivity index (χ2v) is 5.54. The summed E-state index contributed by atoms with van der Waals surface area (Å²) < 4.78 is 0. The molecular formula is C18H16N2O. The zero-order valence-corrected chi connectivity index (χ0v) is 11.6. The highest BCUT2D eigenvalue weighted by molar-refractivity contribution is 6.31. The van der Waals surface area contributed by atoms with Crippen molar-refractivity contribution in [1.82, 2.24) is 0 Å². The number of hydrogen-bond donors (Lipinski definition) is 2. The largest absolute Gasteiger partial charge is 0.361 e. The number of amides is 1. The number of para-hydroxylation sites is 1. The third-order valence-electron chi connectivity index (χ3n) is 4.19. The number of rotatable bonds is 2. The molecule has 2 aromatic carbocycles. The van der Waals surface area contributed by atoms with E-state index in [4.69, 9.17) is 0 Å². The molecule has 0 atom stereocenters. The summed E-state index contributed by atoms with van der Waals surface area (Å²) in [4.78, 5) is 12.0. The fourth-order valence-corrected chi connectivity index (χ4v) is 3.10. The van der Waals surface area contributed by atoms with Gasteiger partial charge in [0.15, 0.2) is 0 Å². The molecule has 21 heavy (non-hydrogen) atoms. The van der Waals surface area contributed by atoms with Crippen LogP contribution in [0.25, 0.3) is 5.57 Å². The van der Waals surface area contributed by atoms with Crippen LogP contribution in [0.2, 0.25) is 0 Å². The molecule has 0 radical (unpaired) electrons. The lowest BCUT2D eigenvalue weighted by Gasteiger charge is -2.05. The molecular weight excluding hydrogens is 260 g/mol. The minimum absolute atomic E-state index is 0.0511. The summed E-state index contributed by atoms with van der Waals surface area (Å²) in [6.45, 7) is 0. The van der Waals surface area contributed by atoms with Crippen LogP contribution in [-0.4, -0.2) is 5.91 Å². The first-order valence-electron chi connectivity index (χ1n) is 7.30. The smallest absolute Gasteiger partial charge is 0.257 e. The van der Waals surface area contributed by atoms with Gasteiger partial charge in [-0.3, -0.25) is 4.79 Å². The quantitative estimate of drug-likeness (QED) is 0.823. The summed E-state index contributed by atoms with van der Waals surface area (Å²) in [5.41, 5.74) is 6.44. The fraction of sp³-hybridized carbons (Fsp3) is 0.167. The average Bonchev–Trinajstić information content (AvgIpc) is 3.08. The van der Waals surface area contributed by atoms with Gasteiger partial charge in [0.1, 0.15) is 0 Å². The molecule has 2 N–H and O–H groups in total. The van der Waals surface area contributed by atoms with Gasteiger partial charge in [0.2, 0.25) is 0 Å². The molecule has 1 aliphatic heterocycles. The maximum absolute atomic E-state index is 12.0. The molecule has 2 aliphatic rings. The van der Waals surface area contributed by atoms with Crippen molar-refractivity contribution in [3.05, 3.63) is 65.4 Å². The summed E-state index contributed by atoms with van der Waals surface area (Å²) in [6.07, 6.45) is 5.39. The predicted octanol–water partition coefficient (Wildman–Crippen LogP) is 3.58. The molecule has 0 spiro atoms. The number of carbonyl (C=O) groups is 1. The molecule has 0 fully saturated rings. The Labute approximate surface area is 123 Å². The second kappa shape index (κ2) is 4.77. The first kappa shape index (κ1) is 12.2. The van der Waals surface area contributed by atoms with Crippen LogP contribution in [0.3, 0.4) is 0 Å². The topological polar surface area (TPSA) is 41.1 Å². The minimum atomic E-state index is -0.0511. The van der Waals surface area contributed by atoms with Gasteiger partial charge in [-0.15, -0.1) is 0 Å². The first-order valence-corrected chi connectivity index (χ1v) is 7.30. The van der Waals surface area contributed by atoms with Crippen molar-refractivity contribution in [1.29, 1.82) is 0 Å². The van der Waals surface area contributed by atoms with Gasteiger partial charge in [-0.2, -0.15) is 0 Å². The van der Waals surface area contributed by atoms with Gasteiger partial charge in [0.05, 0.1) is 5.57 Å². The van der Waals surface area contributed by atoms with Crippen LogP contribution in [0.1, 0.15) is 23.1 Å². The van der Waals surface area contributed by atoms with Gasteiger partial charge >= 0.3 is 0 Å². The molecule has 0 aromatic heterocycles. The SMILES string of the molecule is O=C1Nc2ccccc2C1=CNc1ccc2c(c1)CCC2. The molecule has 3 nitrogen and oxygen atoms in total. The normalized spacial score (nSPS) is 17.5. The Kier molecular flexibility index (Phi) is 2.78. The number of aryl methyl sites for hydroxylation is 2. The van der Waals surface area contributed by atoms with E-state index >= 15 is 0 Å². The summed E-state index contributed by atoms with van der Waals surface area (Å²) >= 11 is 0. The maximum Gasteiger partial charge on any atom is 0.257 e. The standard InChI is InChI=1S/C18H16N2O/c21-18-16(15-6-1-2-7-17(15)20-18)11-19-14-9-8-12-4-3-5-13(12)10-14/h1-2,6-11,19H,3-5H2,(H,20,21). The predicted molar refractivity (Wildman–Crippen MR) is 85.1 cm³/mol. The van der Waals surface area contributed by atoms with Crippen LogP contribution in [0.5, 0.6) is 0 Å². The molecule has 0 saturated carbocycles. The van der Waals surface area contributed by atoms with Gasteiger partial charge in [-0.05, 0) is 48.6 Å². The lowest BCUT2D eigenvalue weighted by molar-refractivity contribution is -0.110. The van der Waals surface area contributed by atoms with Crippen molar-refractivity contribution < 1.29 is 4.79 Å². The zero-order valence-electron chi connectivity index (χ0n) is 11.6. The van der Waals surface area contributed by atoms with Crippen LogP contribution in [0, 0.1) is 0 Å². The lowest BCUT2D eigenvalue weighted by atomic mass is 10.1. The Balaban J connectivity index is 1.62. The number of benzene rings is 2. The molecule has 1 aliphatic carbocycles. The van der Waals surface area contributed by atoms with E-state index < -0.39 is 0 Å². The van der Waals surface area contributed by atoms with E-state index in [-0.39, 0.29) is 5.91 Å². The van der Waals surface area contributed by atoms with E-state index in [1.165, 1.54) is 24.0 Å². The molecule has 104 valence electrons. The highest BCUT2D eigenvalue weighted by atomic mass is 16.2. The Morgan fingerprint density at radius 1 is 1.05 bits per heavy atom. The lowest BCUT2D eigenvalue weighted by Crippen LogP contribution is -2.05. The number of hydrogen-bond acceptors (Lipinski definition) is 2. The van der Waals surface area contributed by atoms with E-state index in [1.807, 2.05) is 24.3 Å². The first-order chi connectivity index (χ1) is 10.3. The van der Waals surface area contributed by atoms with Crippen molar-refractivity contribution >= 4 is 22.9 Å². The summed E-state index contributed by atoms with van der Waals surface area (Å²) in [5.74, 6) is -0.0511. The highest BCUT2D eigenvalue weighted by Gasteiger charge is 2.23. The Hall–Kier alpha value is -2.55. The molecule has 1 amide bonds. The van der Waals surface area contributed by atoms with E-state index in [0.717, 1.165) is 23.4 Å². The average molecular weight is 276 g/mol. The molecule has 2 aromatic rings. The summed E-state index contributed by atoms with van der Waals surface area (Å²) in [7, 11) is 0. The Morgan fingerprint density at radius 3 is 2.86 bits per heavy atom. The van der Waals surface area contributed by atoms with E-state index in [0.29, 0.717) is 5.57 Å². The summed E-state index contributed by atoms with van der Waals surface area (Å²) in [6, 6.07) is 14.2. The molecule has 0 saturated heterocycles. The van der Waals surface area contributed by atoms with Crippen LogP contribution >= 0.6 is 0 Å². The molecule has 3 heteroatoms. The second-order valence-electron chi connectivity index (χ2n) is 5.54. The monoisotopic (exact) mass is 276 g/mol. The Morgan fingerprint density at radius 2 is 1.90 bits per heavy atom. The van der Waals surface area contributed by atoms with Gasteiger partial charge in [-0.25, -0.2) is 0 Å². The minimum Gasteiger partial charge on any atom is -0.361 e. The van der Waals surface area contributed by atoms with Crippen molar-refractivity contribution in [3.63, 3.8) is 0 Å². The molecule has 1 heterocycles. The van der Waals surface area contributed by atoms with Gasteiger partial charge in [0.25, 0.3) is 5.91 Å². The zero-order chi connectivity index (χ0) is 14.2. The molecule has 0 bridgehead atoms. The van der Waals surface area contributed by atoms with Crippen LogP contribution in [-0.2, 0) is 17.6 Å². The van der Waals surface area contributed by atoms with Crippen LogP contribution in [0.15, 0.2) is 48.7 Å². The maximum atomic E-state index is 12.0. The van der Waals surface area contributed by atoms with Crippen molar-refractivity contribution in [2.24, 2.45) is 0 Å². The van der Waals surface area contributed by atoms with E-state index in [2.05, 4.69) is 28.8 Å². The van der Waals surface area contributed by atoms with Crippen LogP contribution < -0.4 is 10.6 Å². The third-order valence-corrected chi connectivity index (χ3v) is 4.19. The molecule has 0 unspecified atom stereocenters. The molecule has 4 rings (SSSR count). The van der Waals surface area contributed by atoms with Gasteiger partial charge in [0, 0.05) is 23.1 Å². The van der Waals surface area contributed by atoms with Crippen molar-refractivity contribution in [3.8, 4) is 0 Å². The number of fused-ring (bicyclic) bond motifs is 2. The van der Waals surface area contributed by atoms with Crippen molar-refractivity contribution in [2.45, 2.75) is 19.3 Å². The van der Waals surface area contributed by atoms with Crippen LogP contribution in [0.4, 0.5) is 11.4 Å². The van der Waals surface area contributed by atoms with E-state index in [1.54, 1.807) is 6.20 Å². The number of carbonyl (C=O) groups excluding carboxylic acids is 1. The highest BCUT2D eigenvalue weighted by Crippen LogP contribution is 2.31. The van der Waals surface area contributed by atoms with Crippen molar-refractivity contribution in [2.75, 3.05) is 10.6 Å². The third kappa shape index (κ3) is 2.11.